The summed E-state index contributed by atoms with van der Waals surface area (Å²) in [5.41, 5.74) is 4.68. The second-order valence-corrected chi connectivity index (χ2v) is 5.80. The summed E-state index contributed by atoms with van der Waals surface area (Å²) in [5.74, 6) is -2.70. The van der Waals surface area contributed by atoms with E-state index in [-0.39, 0.29) is 12.1 Å². The number of halogens is 3. The van der Waals surface area contributed by atoms with Gasteiger partial charge in [-0.3, -0.25) is 4.72 Å². The van der Waals surface area contributed by atoms with Crippen LogP contribution in [0.25, 0.3) is 0 Å². The van der Waals surface area contributed by atoms with Crippen LogP contribution >= 0.6 is 0 Å². The molecule has 0 aliphatic rings. The van der Waals surface area contributed by atoms with E-state index in [0.717, 1.165) is 24.3 Å². The highest BCUT2D eigenvalue weighted by molar-refractivity contribution is 7.92. The van der Waals surface area contributed by atoms with E-state index in [4.69, 9.17) is 5.73 Å². The van der Waals surface area contributed by atoms with Gasteiger partial charge in [-0.15, -0.1) is 0 Å². The molecule has 2 rings (SSSR count). The molecule has 2 aromatic rings. The summed E-state index contributed by atoms with van der Waals surface area (Å²) in [5, 5.41) is 0. The lowest BCUT2D eigenvalue weighted by molar-refractivity contribution is 0.579. The van der Waals surface area contributed by atoms with Crippen LogP contribution in [0.3, 0.4) is 0 Å². The third kappa shape index (κ3) is 3.17. The van der Waals surface area contributed by atoms with Gasteiger partial charge in [0.15, 0.2) is 0 Å². The van der Waals surface area contributed by atoms with Gasteiger partial charge in [0.25, 0.3) is 10.0 Å². The second-order valence-electron chi connectivity index (χ2n) is 4.15. The Balaban J connectivity index is 2.46. The van der Waals surface area contributed by atoms with Crippen LogP contribution in [0.4, 0.5) is 18.9 Å². The predicted octanol–water partition coefficient (Wildman–Crippen LogP) is 2.36. The van der Waals surface area contributed by atoms with Gasteiger partial charge in [-0.1, -0.05) is 6.07 Å². The lowest BCUT2D eigenvalue weighted by atomic mass is 10.2. The summed E-state index contributed by atoms with van der Waals surface area (Å²) in [6.07, 6.45) is 0. The average Bonchev–Trinajstić information content (AvgIpc) is 2.41. The SMILES string of the molecule is NCc1c(F)cccc1S(=O)(=O)Nc1ccc(F)cc1F. The van der Waals surface area contributed by atoms with E-state index in [1.165, 1.54) is 6.07 Å². The molecule has 0 heterocycles. The number of anilines is 1. The zero-order valence-electron chi connectivity index (χ0n) is 10.6. The predicted molar refractivity (Wildman–Crippen MR) is 71.5 cm³/mol. The Morgan fingerprint density at radius 3 is 2.38 bits per heavy atom. The molecule has 0 amide bonds. The van der Waals surface area contributed by atoms with Crippen molar-refractivity contribution in [3.05, 3.63) is 59.4 Å². The van der Waals surface area contributed by atoms with Crippen LogP contribution in [0, 0.1) is 17.5 Å². The molecule has 0 atom stereocenters. The van der Waals surface area contributed by atoms with Gasteiger partial charge < -0.3 is 5.73 Å². The molecule has 3 N–H and O–H groups in total. The van der Waals surface area contributed by atoms with Gasteiger partial charge in [-0.2, -0.15) is 0 Å². The Morgan fingerprint density at radius 2 is 1.76 bits per heavy atom. The second kappa shape index (κ2) is 5.74. The summed E-state index contributed by atoms with van der Waals surface area (Å²) in [6, 6.07) is 5.78. The highest BCUT2D eigenvalue weighted by atomic mass is 32.2. The van der Waals surface area contributed by atoms with Crippen molar-refractivity contribution in [1.82, 2.24) is 0 Å². The molecule has 4 nitrogen and oxygen atoms in total. The van der Waals surface area contributed by atoms with Gasteiger partial charge in [0, 0.05) is 18.2 Å². The molecular formula is C13H11F3N2O2S. The average molecular weight is 316 g/mol. The number of benzene rings is 2. The molecule has 0 aromatic heterocycles. The molecule has 2 aromatic carbocycles. The summed E-state index contributed by atoms with van der Waals surface area (Å²) >= 11 is 0. The zero-order chi connectivity index (χ0) is 15.6. The maximum atomic E-state index is 13.6. The topological polar surface area (TPSA) is 72.2 Å². The molecule has 112 valence electrons. The first kappa shape index (κ1) is 15.3. The van der Waals surface area contributed by atoms with Crippen molar-refractivity contribution in [2.75, 3.05) is 4.72 Å². The summed E-state index contributed by atoms with van der Waals surface area (Å²) in [4.78, 5) is -0.395. The first-order chi connectivity index (χ1) is 9.85. The summed E-state index contributed by atoms with van der Waals surface area (Å²) in [6.45, 7) is -0.338. The minimum atomic E-state index is -4.25. The number of hydrogen-bond donors (Lipinski definition) is 2. The maximum Gasteiger partial charge on any atom is 0.262 e. The smallest absolute Gasteiger partial charge is 0.262 e. The number of rotatable bonds is 4. The van der Waals surface area contributed by atoms with Crippen LogP contribution < -0.4 is 10.5 Å². The molecule has 0 bridgehead atoms. The van der Waals surface area contributed by atoms with Crippen LogP contribution in [0.15, 0.2) is 41.3 Å². The Morgan fingerprint density at radius 1 is 1.05 bits per heavy atom. The van der Waals surface area contributed by atoms with Gasteiger partial charge in [0.05, 0.1) is 10.6 Å². The normalized spacial score (nSPS) is 11.4. The molecule has 0 aliphatic carbocycles. The van der Waals surface area contributed by atoms with Gasteiger partial charge in [0.2, 0.25) is 0 Å². The van der Waals surface area contributed by atoms with E-state index in [1.54, 1.807) is 0 Å². The highest BCUT2D eigenvalue weighted by Crippen LogP contribution is 2.23. The van der Waals surface area contributed by atoms with Crippen molar-refractivity contribution in [3.63, 3.8) is 0 Å². The first-order valence-corrected chi connectivity index (χ1v) is 7.29. The van der Waals surface area contributed by atoms with Crippen molar-refractivity contribution in [2.24, 2.45) is 5.73 Å². The Hall–Kier alpha value is -2.06. The quantitative estimate of drug-likeness (QED) is 0.909. The van der Waals surface area contributed by atoms with E-state index in [9.17, 15) is 21.6 Å². The summed E-state index contributed by atoms with van der Waals surface area (Å²) < 4.78 is 66.1. The summed E-state index contributed by atoms with van der Waals surface area (Å²) in [7, 11) is -4.25. The zero-order valence-corrected chi connectivity index (χ0v) is 11.4. The Bertz CT molecular complexity index is 779. The molecule has 0 unspecified atom stereocenters. The third-order valence-electron chi connectivity index (χ3n) is 2.74. The number of hydrogen-bond acceptors (Lipinski definition) is 3. The Kier molecular flexibility index (Phi) is 4.19. The molecule has 21 heavy (non-hydrogen) atoms. The molecule has 0 aliphatic heterocycles. The fraction of sp³-hybridized carbons (Fsp3) is 0.0769. The van der Waals surface area contributed by atoms with E-state index in [1.807, 2.05) is 4.72 Å². The molecule has 0 saturated carbocycles. The van der Waals surface area contributed by atoms with Crippen LogP contribution in [-0.4, -0.2) is 8.42 Å². The van der Waals surface area contributed by atoms with Crippen LogP contribution in [-0.2, 0) is 16.6 Å². The highest BCUT2D eigenvalue weighted by Gasteiger charge is 2.21. The number of nitrogens with two attached hydrogens (primary N) is 1. The molecule has 8 heteroatoms. The van der Waals surface area contributed by atoms with Gasteiger partial charge in [0.1, 0.15) is 17.5 Å². The fourth-order valence-electron chi connectivity index (χ4n) is 1.76. The molecular weight excluding hydrogens is 305 g/mol. The van der Waals surface area contributed by atoms with Crippen molar-refractivity contribution in [2.45, 2.75) is 11.4 Å². The lowest BCUT2D eigenvalue weighted by Crippen LogP contribution is -2.18. The first-order valence-electron chi connectivity index (χ1n) is 5.80. The molecule has 0 radical (unpaired) electrons. The number of nitrogens with one attached hydrogen (secondary N) is 1. The van der Waals surface area contributed by atoms with Crippen LogP contribution in [0.2, 0.25) is 0 Å². The third-order valence-corrected chi connectivity index (χ3v) is 4.20. The van der Waals surface area contributed by atoms with E-state index in [2.05, 4.69) is 0 Å². The van der Waals surface area contributed by atoms with Crippen molar-refractivity contribution in [3.8, 4) is 0 Å². The lowest BCUT2D eigenvalue weighted by Gasteiger charge is -2.12. The Labute approximate surface area is 119 Å². The van der Waals surface area contributed by atoms with Crippen molar-refractivity contribution < 1.29 is 21.6 Å². The standard InChI is InChI=1S/C13H11F3N2O2S/c14-8-4-5-12(11(16)6-8)18-21(19,20)13-3-1-2-10(15)9(13)7-17/h1-6,18H,7,17H2. The van der Waals surface area contributed by atoms with Crippen molar-refractivity contribution in [1.29, 1.82) is 0 Å². The molecule has 0 spiro atoms. The number of sulfonamides is 1. The molecule has 0 saturated heterocycles. The van der Waals surface area contributed by atoms with Gasteiger partial charge in [-0.05, 0) is 24.3 Å². The van der Waals surface area contributed by atoms with E-state index < -0.39 is 38.1 Å². The largest absolute Gasteiger partial charge is 0.326 e. The molecule has 0 fully saturated rings. The van der Waals surface area contributed by atoms with Gasteiger partial charge >= 0.3 is 0 Å². The van der Waals surface area contributed by atoms with Crippen LogP contribution in [0.5, 0.6) is 0 Å². The van der Waals surface area contributed by atoms with E-state index in [0.29, 0.717) is 6.07 Å². The van der Waals surface area contributed by atoms with E-state index >= 15 is 0 Å². The van der Waals surface area contributed by atoms with Crippen LogP contribution in [0.1, 0.15) is 5.56 Å². The van der Waals surface area contributed by atoms with Gasteiger partial charge in [-0.25, -0.2) is 21.6 Å². The van der Waals surface area contributed by atoms with Crippen molar-refractivity contribution >= 4 is 15.7 Å². The fourth-order valence-corrected chi connectivity index (χ4v) is 3.09. The minimum Gasteiger partial charge on any atom is -0.326 e. The minimum absolute atomic E-state index is 0.215. The monoisotopic (exact) mass is 316 g/mol. The maximum absolute atomic E-state index is 13.6.